The van der Waals surface area contributed by atoms with E-state index in [1.165, 1.54) is 7.11 Å². The number of methoxy groups -OCH3 is 1. The van der Waals surface area contributed by atoms with Gasteiger partial charge in [-0.3, -0.25) is 4.79 Å². The Kier molecular flexibility index (Phi) is 7.61. The van der Waals surface area contributed by atoms with Crippen LogP contribution in [0.5, 0.6) is 0 Å². The van der Waals surface area contributed by atoms with Crippen LogP contribution in [0.25, 0.3) is 0 Å². The molecule has 3 unspecified atom stereocenters. The Balaban J connectivity index is 2.60. The van der Waals surface area contributed by atoms with Gasteiger partial charge in [0.05, 0.1) is 19.6 Å². The van der Waals surface area contributed by atoms with Crippen molar-refractivity contribution < 1.29 is 19.1 Å². The second-order valence-corrected chi connectivity index (χ2v) is 8.15. The Morgan fingerprint density at radius 2 is 2.00 bits per heavy atom. The van der Waals surface area contributed by atoms with Crippen molar-refractivity contribution in [2.75, 3.05) is 13.7 Å². The summed E-state index contributed by atoms with van der Waals surface area (Å²) in [5.74, 6) is -0.345. The lowest BCUT2D eigenvalue weighted by Crippen LogP contribution is -2.49. The molecular formula is C18H31N3O4. The lowest BCUT2D eigenvalue weighted by molar-refractivity contribution is -0.141. The number of carbonyl (C=O) groups is 2. The largest absolute Gasteiger partial charge is 0.469 e. The number of rotatable bonds is 7. The van der Waals surface area contributed by atoms with Crippen LogP contribution >= 0.6 is 0 Å². The molecule has 0 aromatic carbocycles. The van der Waals surface area contributed by atoms with Gasteiger partial charge in [0.2, 0.25) is 6.08 Å². The fourth-order valence-electron chi connectivity index (χ4n) is 3.99. The van der Waals surface area contributed by atoms with Crippen molar-refractivity contribution in [3.63, 3.8) is 0 Å². The number of hydrogen-bond donors (Lipinski definition) is 2. The molecule has 3 atom stereocenters. The predicted octanol–water partition coefficient (Wildman–Crippen LogP) is 2.55. The van der Waals surface area contributed by atoms with E-state index in [9.17, 15) is 14.4 Å². The van der Waals surface area contributed by atoms with Crippen molar-refractivity contribution >= 4 is 18.1 Å². The monoisotopic (exact) mass is 353 g/mol. The van der Waals surface area contributed by atoms with Crippen LogP contribution < -0.4 is 10.6 Å². The van der Waals surface area contributed by atoms with Crippen molar-refractivity contribution in [3.05, 3.63) is 0 Å². The van der Waals surface area contributed by atoms with Crippen molar-refractivity contribution in [2.45, 2.75) is 71.9 Å². The van der Waals surface area contributed by atoms with Gasteiger partial charge in [0.1, 0.15) is 0 Å². The number of hydrogen-bond acceptors (Lipinski definition) is 5. The zero-order chi connectivity index (χ0) is 19.1. The summed E-state index contributed by atoms with van der Waals surface area (Å²) in [6.07, 6.45) is 4.99. The van der Waals surface area contributed by atoms with E-state index in [0.717, 1.165) is 19.3 Å². The molecule has 1 saturated carbocycles. The zero-order valence-corrected chi connectivity index (χ0v) is 16.0. The number of aliphatic imine (C=N–C) groups is 1. The molecule has 1 rings (SSSR count). The van der Waals surface area contributed by atoms with Crippen molar-refractivity contribution in [1.82, 2.24) is 10.6 Å². The molecule has 0 aromatic rings. The maximum atomic E-state index is 12.2. The highest BCUT2D eigenvalue weighted by atomic mass is 16.5. The predicted molar refractivity (Wildman–Crippen MR) is 94.9 cm³/mol. The van der Waals surface area contributed by atoms with Crippen LogP contribution in [0.1, 0.15) is 59.8 Å². The van der Waals surface area contributed by atoms with Gasteiger partial charge in [-0.15, -0.1) is 0 Å². The standard InChI is InChI=1S/C18H31N3O4/c1-6-13(7-15(23)25-5)21-16(24)19-11-18(4)9-14(20-12-22)8-17(2,3)10-18/h13-14H,6-11H2,1-5H3,(H2,19,21,24). The Labute approximate surface area is 150 Å². The Hall–Kier alpha value is -1.88. The molecular weight excluding hydrogens is 322 g/mol. The number of urea groups is 1. The van der Waals surface area contributed by atoms with E-state index >= 15 is 0 Å². The summed E-state index contributed by atoms with van der Waals surface area (Å²) in [6.45, 7) is 8.80. The van der Waals surface area contributed by atoms with Crippen LogP contribution in [0, 0.1) is 10.8 Å². The highest BCUT2D eigenvalue weighted by Crippen LogP contribution is 2.46. The average Bonchev–Trinajstić information content (AvgIpc) is 2.50. The maximum Gasteiger partial charge on any atom is 0.315 e. The molecule has 1 aliphatic carbocycles. The summed E-state index contributed by atoms with van der Waals surface area (Å²) in [5, 5.41) is 5.72. The summed E-state index contributed by atoms with van der Waals surface area (Å²) in [4.78, 5) is 38.1. The SMILES string of the molecule is CCC(CC(=O)OC)NC(=O)NCC1(C)CC(N=C=O)CC(C)(C)C1. The van der Waals surface area contributed by atoms with E-state index in [4.69, 9.17) is 0 Å². The molecule has 2 amide bonds. The molecule has 2 N–H and O–H groups in total. The van der Waals surface area contributed by atoms with Gasteiger partial charge in [-0.05, 0) is 36.5 Å². The molecule has 0 aliphatic heterocycles. The third kappa shape index (κ3) is 7.26. The highest BCUT2D eigenvalue weighted by Gasteiger charge is 2.41. The molecule has 0 heterocycles. The normalized spacial score (nSPS) is 26.0. The second-order valence-electron chi connectivity index (χ2n) is 8.15. The number of isocyanates is 1. The van der Waals surface area contributed by atoms with E-state index < -0.39 is 0 Å². The quantitative estimate of drug-likeness (QED) is 0.417. The maximum absolute atomic E-state index is 12.2. The van der Waals surface area contributed by atoms with Gasteiger partial charge in [-0.1, -0.05) is 27.7 Å². The first-order valence-corrected chi connectivity index (χ1v) is 8.81. The van der Waals surface area contributed by atoms with Crippen LogP contribution in [0.4, 0.5) is 4.79 Å². The fraction of sp³-hybridized carbons (Fsp3) is 0.833. The Bertz CT molecular complexity index is 528. The first kappa shape index (κ1) is 21.2. The van der Waals surface area contributed by atoms with E-state index in [2.05, 4.69) is 41.1 Å². The van der Waals surface area contributed by atoms with Crippen LogP contribution in [0.3, 0.4) is 0 Å². The number of esters is 1. The van der Waals surface area contributed by atoms with E-state index in [1.54, 1.807) is 6.08 Å². The van der Waals surface area contributed by atoms with Crippen LogP contribution in [-0.2, 0) is 14.3 Å². The van der Waals surface area contributed by atoms with Crippen LogP contribution in [-0.4, -0.2) is 43.8 Å². The van der Waals surface area contributed by atoms with Gasteiger partial charge in [-0.2, -0.15) is 0 Å². The minimum Gasteiger partial charge on any atom is -0.469 e. The van der Waals surface area contributed by atoms with Gasteiger partial charge < -0.3 is 15.4 Å². The molecule has 0 radical (unpaired) electrons. The molecule has 7 nitrogen and oxygen atoms in total. The van der Waals surface area contributed by atoms with Gasteiger partial charge in [-0.25, -0.2) is 14.6 Å². The highest BCUT2D eigenvalue weighted by molar-refractivity contribution is 5.76. The molecule has 1 fully saturated rings. The molecule has 0 saturated heterocycles. The molecule has 0 aromatic heterocycles. The third-order valence-electron chi connectivity index (χ3n) is 4.80. The van der Waals surface area contributed by atoms with Gasteiger partial charge in [0.25, 0.3) is 0 Å². The van der Waals surface area contributed by atoms with Crippen molar-refractivity contribution in [2.24, 2.45) is 15.8 Å². The van der Waals surface area contributed by atoms with Gasteiger partial charge in [0, 0.05) is 12.6 Å². The first-order chi connectivity index (χ1) is 11.6. The number of amides is 2. The van der Waals surface area contributed by atoms with E-state index in [-0.39, 0.29) is 41.3 Å². The third-order valence-corrected chi connectivity index (χ3v) is 4.80. The minimum atomic E-state index is -0.345. The van der Waals surface area contributed by atoms with E-state index in [0.29, 0.717) is 13.0 Å². The summed E-state index contributed by atoms with van der Waals surface area (Å²) < 4.78 is 4.64. The minimum absolute atomic E-state index is 0.0486. The van der Waals surface area contributed by atoms with E-state index in [1.807, 2.05) is 6.92 Å². The Morgan fingerprint density at radius 1 is 1.32 bits per heavy atom. The fourth-order valence-corrected chi connectivity index (χ4v) is 3.99. The molecule has 0 bridgehead atoms. The molecule has 142 valence electrons. The topological polar surface area (TPSA) is 96.9 Å². The first-order valence-electron chi connectivity index (χ1n) is 8.81. The van der Waals surface area contributed by atoms with Crippen molar-refractivity contribution in [3.8, 4) is 0 Å². The smallest absolute Gasteiger partial charge is 0.315 e. The molecule has 7 heteroatoms. The lowest BCUT2D eigenvalue weighted by atomic mass is 9.63. The molecule has 1 aliphatic rings. The van der Waals surface area contributed by atoms with Gasteiger partial charge >= 0.3 is 12.0 Å². The summed E-state index contributed by atoms with van der Waals surface area (Å²) in [5.41, 5.74) is -0.0961. The van der Waals surface area contributed by atoms with Gasteiger partial charge in [0.15, 0.2) is 0 Å². The second kappa shape index (κ2) is 8.99. The number of carbonyl (C=O) groups excluding carboxylic acids is 3. The van der Waals surface area contributed by atoms with Crippen LogP contribution in [0.2, 0.25) is 0 Å². The molecule has 25 heavy (non-hydrogen) atoms. The lowest BCUT2D eigenvalue weighted by Gasteiger charge is -2.45. The van der Waals surface area contributed by atoms with Crippen LogP contribution in [0.15, 0.2) is 4.99 Å². The average molecular weight is 353 g/mol. The summed E-state index contributed by atoms with van der Waals surface area (Å²) in [6, 6.07) is -0.606. The number of nitrogens with one attached hydrogen (secondary N) is 2. The Morgan fingerprint density at radius 3 is 2.56 bits per heavy atom. The number of nitrogens with zero attached hydrogens (tertiary/aromatic N) is 1. The zero-order valence-electron chi connectivity index (χ0n) is 16.0. The summed E-state index contributed by atoms with van der Waals surface area (Å²) >= 11 is 0. The number of ether oxygens (including phenoxy) is 1. The summed E-state index contributed by atoms with van der Waals surface area (Å²) in [7, 11) is 1.33. The molecule has 0 spiro atoms. The van der Waals surface area contributed by atoms with Crippen molar-refractivity contribution in [1.29, 1.82) is 0 Å².